The van der Waals surface area contributed by atoms with Crippen molar-refractivity contribution in [1.82, 2.24) is 14.8 Å². The normalized spacial score (nSPS) is 15.8. The zero-order valence-corrected chi connectivity index (χ0v) is 18.5. The van der Waals surface area contributed by atoms with Crippen LogP contribution in [0.4, 0.5) is 0 Å². The number of fused-ring (bicyclic) bond motifs is 2. The molecule has 0 spiro atoms. The monoisotopic (exact) mass is 447 g/mol. The third kappa shape index (κ3) is 4.07. The maximum atomic E-state index is 13.1. The molecule has 1 N–H and O–H groups in total. The summed E-state index contributed by atoms with van der Waals surface area (Å²) in [6.07, 6.45) is 0. The smallest absolute Gasteiger partial charge is 0.240 e. The summed E-state index contributed by atoms with van der Waals surface area (Å²) in [4.78, 5) is 29.6. The van der Waals surface area contributed by atoms with Crippen LogP contribution in [-0.2, 0) is 16.1 Å². The maximum Gasteiger partial charge on any atom is 0.240 e. The van der Waals surface area contributed by atoms with E-state index in [2.05, 4.69) is 21.7 Å². The summed E-state index contributed by atoms with van der Waals surface area (Å²) < 4.78 is 7.45. The maximum absolute atomic E-state index is 13.1. The van der Waals surface area contributed by atoms with Crippen LogP contribution >= 0.6 is 11.3 Å². The number of amides is 1. The third-order valence-electron chi connectivity index (χ3n) is 6.03. The number of hydrogen-bond donors (Lipinski definition) is 1. The summed E-state index contributed by atoms with van der Waals surface area (Å²) in [5.74, 6) is -0.0706. The van der Waals surface area contributed by atoms with Crippen molar-refractivity contribution in [2.24, 2.45) is 0 Å². The van der Waals surface area contributed by atoms with Gasteiger partial charge >= 0.3 is 0 Å². The number of carbonyl (C=O) groups excluding carboxylic acids is 1. The quantitative estimate of drug-likeness (QED) is 0.460. The number of hydrogen-bond acceptors (Lipinski definition) is 5. The van der Waals surface area contributed by atoms with Crippen molar-refractivity contribution in [2.45, 2.75) is 12.6 Å². The molecule has 1 saturated heterocycles. The SMILES string of the molecule is O=C(Cn1c2ccccc2c(=O)c2ccccc21)NC[C@H](c1cccs1)N1CCOCC1. The molecule has 1 fully saturated rings. The van der Waals surface area contributed by atoms with E-state index in [1.807, 2.05) is 59.2 Å². The molecule has 0 radical (unpaired) electrons. The van der Waals surface area contributed by atoms with Crippen molar-refractivity contribution in [1.29, 1.82) is 0 Å². The van der Waals surface area contributed by atoms with Crippen LogP contribution in [0, 0.1) is 0 Å². The summed E-state index contributed by atoms with van der Waals surface area (Å²) in [6.45, 7) is 3.83. The van der Waals surface area contributed by atoms with E-state index < -0.39 is 0 Å². The second kappa shape index (κ2) is 9.24. The Morgan fingerprint density at radius 1 is 0.969 bits per heavy atom. The fourth-order valence-corrected chi connectivity index (χ4v) is 5.30. The first-order valence-electron chi connectivity index (χ1n) is 10.8. The second-order valence-corrected chi connectivity index (χ2v) is 8.91. The van der Waals surface area contributed by atoms with Crippen molar-refractivity contribution in [2.75, 3.05) is 32.8 Å². The molecule has 4 aromatic rings. The molecule has 5 rings (SSSR count). The molecule has 0 aliphatic carbocycles. The molecule has 1 aliphatic heterocycles. The highest BCUT2D eigenvalue weighted by Gasteiger charge is 2.24. The Hall–Kier alpha value is -3.00. The summed E-state index contributed by atoms with van der Waals surface area (Å²) >= 11 is 1.71. The Bertz CT molecular complexity index is 1230. The van der Waals surface area contributed by atoms with Crippen molar-refractivity contribution in [3.05, 3.63) is 81.1 Å². The number of nitrogens with zero attached hydrogens (tertiary/aromatic N) is 2. The first kappa shape index (κ1) is 20.9. The standard InChI is InChI=1S/C25H25N3O3S/c29-24(26-16-22(23-10-5-15-32-23)27-11-13-31-14-12-27)17-28-20-8-3-1-6-18(20)25(30)19-7-2-4-9-21(19)28/h1-10,15,22H,11-14,16-17H2,(H,26,29)/t22-/m1/s1. The van der Waals surface area contributed by atoms with E-state index in [1.165, 1.54) is 4.88 Å². The molecule has 3 heterocycles. The topological polar surface area (TPSA) is 63.6 Å². The molecule has 7 heteroatoms. The number of ether oxygens (including phenoxy) is 1. The van der Waals surface area contributed by atoms with Crippen LogP contribution in [0.2, 0.25) is 0 Å². The summed E-state index contributed by atoms with van der Waals surface area (Å²) in [5.41, 5.74) is 1.54. The Labute approximate surface area is 190 Å². The number of rotatable bonds is 6. The van der Waals surface area contributed by atoms with Crippen molar-refractivity contribution in [3.8, 4) is 0 Å². The number of carbonyl (C=O) groups is 1. The lowest BCUT2D eigenvalue weighted by atomic mass is 10.1. The fraction of sp³-hybridized carbons (Fsp3) is 0.280. The first-order valence-corrected chi connectivity index (χ1v) is 11.7. The van der Waals surface area contributed by atoms with Gasteiger partial charge in [0.25, 0.3) is 0 Å². The van der Waals surface area contributed by atoms with Gasteiger partial charge in [0.05, 0.1) is 30.3 Å². The van der Waals surface area contributed by atoms with Crippen molar-refractivity contribution < 1.29 is 9.53 Å². The van der Waals surface area contributed by atoms with Crippen LogP contribution in [0.3, 0.4) is 0 Å². The molecular weight excluding hydrogens is 422 g/mol. The highest BCUT2D eigenvalue weighted by molar-refractivity contribution is 7.10. The molecule has 1 aliphatic rings. The van der Waals surface area contributed by atoms with Crippen molar-refractivity contribution in [3.63, 3.8) is 0 Å². The highest BCUT2D eigenvalue weighted by atomic mass is 32.1. The van der Waals surface area contributed by atoms with E-state index in [1.54, 1.807) is 11.3 Å². The summed E-state index contributed by atoms with van der Waals surface area (Å²) in [5, 5.41) is 6.48. The zero-order chi connectivity index (χ0) is 21.9. The van der Waals surface area contributed by atoms with Gasteiger partial charge in [0, 0.05) is 35.3 Å². The molecule has 0 saturated carbocycles. The van der Waals surface area contributed by atoms with Crippen molar-refractivity contribution >= 4 is 39.0 Å². The summed E-state index contributed by atoms with van der Waals surface area (Å²) in [7, 11) is 0. The van der Waals surface area contributed by atoms with Crippen LogP contribution < -0.4 is 10.7 Å². The Balaban J connectivity index is 1.41. The number of aromatic nitrogens is 1. The molecule has 2 aromatic heterocycles. The van der Waals surface area contributed by atoms with Crippen LogP contribution in [0.15, 0.2) is 70.8 Å². The van der Waals surface area contributed by atoms with Gasteiger partial charge in [-0.25, -0.2) is 0 Å². The lowest BCUT2D eigenvalue weighted by Gasteiger charge is -2.34. The lowest BCUT2D eigenvalue weighted by molar-refractivity contribution is -0.121. The van der Waals surface area contributed by atoms with Gasteiger partial charge in [0.1, 0.15) is 6.54 Å². The minimum Gasteiger partial charge on any atom is -0.379 e. The molecule has 2 aromatic carbocycles. The van der Waals surface area contributed by atoms with E-state index in [9.17, 15) is 9.59 Å². The predicted octanol–water partition coefficient (Wildman–Crippen LogP) is 3.41. The van der Waals surface area contributed by atoms with Gasteiger partial charge in [0.2, 0.25) is 5.91 Å². The Morgan fingerprint density at radius 2 is 1.62 bits per heavy atom. The van der Waals surface area contributed by atoms with Gasteiger partial charge in [-0.15, -0.1) is 11.3 Å². The van der Waals surface area contributed by atoms with Gasteiger partial charge in [-0.1, -0.05) is 30.3 Å². The fourth-order valence-electron chi connectivity index (χ4n) is 4.44. The molecular formula is C25H25N3O3S. The molecule has 164 valence electrons. The zero-order valence-electron chi connectivity index (χ0n) is 17.7. The van der Waals surface area contributed by atoms with Gasteiger partial charge in [0.15, 0.2) is 5.43 Å². The number of benzene rings is 2. The third-order valence-corrected chi connectivity index (χ3v) is 7.00. The van der Waals surface area contributed by atoms with E-state index in [4.69, 9.17) is 4.74 Å². The highest BCUT2D eigenvalue weighted by Crippen LogP contribution is 2.25. The molecule has 0 unspecified atom stereocenters. The van der Waals surface area contributed by atoms with Crippen LogP contribution in [0.1, 0.15) is 10.9 Å². The van der Waals surface area contributed by atoms with Crippen LogP contribution in [0.25, 0.3) is 21.8 Å². The first-order chi connectivity index (χ1) is 15.7. The van der Waals surface area contributed by atoms with E-state index >= 15 is 0 Å². The molecule has 0 bridgehead atoms. The number of morpholine rings is 1. The van der Waals surface area contributed by atoms with E-state index in [-0.39, 0.29) is 23.9 Å². The molecule has 6 nitrogen and oxygen atoms in total. The number of para-hydroxylation sites is 2. The number of thiophene rings is 1. The molecule has 1 amide bonds. The van der Waals surface area contributed by atoms with Gasteiger partial charge in [-0.2, -0.15) is 0 Å². The minimum atomic E-state index is -0.0706. The van der Waals surface area contributed by atoms with Gasteiger partial charge in [-0.3, -0.25) is 14.5 Å². The van der Waals surface area contributed by atoms with Gasteiger partial charge in [-0.05, 0) is 35.7 Å². The van der Waals surface area contributed by atoms with E-state index in [0.29, 0.717) is 30.5 Å². The molecule has 32 heavy (non-hydrogen) atoms. The molecule has 1 atom stereocenters. The second-order valence-electron chi connectivity index (χ2n) is 7.93. The number of nitrogens with one attached hydrogen (secondary N) is 1. The number of pyridine rings is 1. The lowest BCUT2D eigenvalue weighted by Crippen LogP contribution is -2.44. The Kier molecular flexibility index (Phi) is 6.03. The van der Waals surface area contributed by atoms with Crippen LogP contribution in [-0.4, -0.2) is 48.2 Å². The van der Waals surface area contributed by atoms with Crippen LogP contribution in [0.5, 0.6) is 0 Å². The Morgan fingerprint density at radius 3 is 2.25 bits per heavy atom. The predicted molar refractivity (Wildman–Crippen MR) is 128 cm³/mol. The average molecular weight is 448 g/mol. The van der Waals surface area contributed by atoms with E-state index in [0.717, 1.165) is 24.1 Å². The average Bonchev–Trinajstić information content (AvgIpc) is 3.37. The van der Waals surface area contributed by atoms with Gasteiger partial charge < -0.3 is 14.6 Å². The minimum absolute atomic E-state index is 0.00191. The largest absolute Gasteiger partial charge is 0.379 e. The summed E-state index contributed by atoms with van der Waals surface area (Å²) in [6, 6.07) is 19.3.